The Hall–Kier alpha value is -1.46. The summed E-state index contributed by atoms with van der Waals surface area (Å²) in [6.45, 7) is 0. The quantitative estimate of drug-likeness (QED) is 0.686. The number of nitrogens with zero attached hydrogens (tertiary/aromatic N) is 1. The van der Waals surface area contributed by atoms with Crippen molar-refractivity contribution in [2.75, 3.05) is 0 Å². The molecule has 3 nitrogen and oxygen atoms in total. The molecule has 0 saturated heterocycles. The summed E-state index contributed by atoms with van der Waals surface area (Å²) in [4.78, 5) is 12.2. The van der Waals surface area contributed by atoms with E-state index in [1.54, 1.807) is 12.3 Å². The van der Waals surface area contributed by atoms with Gasteiger partial charge in [-0.2, -0.15) is 5.10 Å². The third kappa shape index (κ3) is 3.51. The number of nitrogens with one attached hydrogen (secondary N) is 1. The topological polar surface area (TPSA) is 41.5 Å². The van der Waals surface area contributed by atoms with Crippen LogP contribution in [0.1, 0.15) is 15.2 Å². The lowest BCUT2D eigenvalue weighted by Gasteiger charge is -1.96. The van der Waals surface area contributed by atoms with Crippen LogP contribution in [0.15, 0.2) is 51.4 Å². The molecule has 1 heterocycles. The maximum Gasteiger partial charge on any atom is 0.281 e. The van der Waals surface area contributed by atoms with Gasteiger partial charge in [0.15, 0.2) is 0 Å². The number of halogens is 1. The van der Waals surface area contributed by atoms with E-state index in [2.05, 4.69) is 26.5 Å². The van der Waals surface area contributed by atoms with Crippen LogP contribution >= 0.6 is 27.3 Å². The molecule has 0 aliphatic rings. The van der Waals surface area contributed by atoms with E-state index in [4.69, 9.17) is 0 Å². The van der Waals surface area contributed by atoms with E-state index in [0.717, 1.165) is 10.0 Å². The molecule has 2 rings (SSSR count). The fourth-order valence-electron chi connectivity index (χ4n) is 1.18. The fourth-order valence-corrected chi connectivity index (χ4v) is 2.06. The molecule has 0 bridgehead atoms. The molecule has 1 aromatic heterocycles. The summed E-state index contributed by atoms with van der Waals surface area (Å²) in [7, 11) is 0. The van der Waals surface area contributed by atoms with Gasteiger partial charge in [0.1, 0.15) is 0 Å². The first kappa shape index (κ1) is 12.0. The zero-order chi connectivity index (χ0) is 12.1. The summed E-state index contributed by atoms with van der Waals surface area (Å²) in [6, 6.07) is 11.2. The predicted molar refractivity (Wildman–Crippen MR) is 73.5 cm³/mol. The molecule has 0 saturated carbocycles. The summed E-state index contributed by atoms with van der Waals surface area (Å²) in [5, 5.41) is 5.75. The molecule has 1 N–H and O–H groups in total. The van der Waals surface area contributed by atoms with Gasteiger partial charge in [0.2, 0.25) is 0 Å². The van der Waals surface area contributed by atoms with Gasteiger partial charge in [0.05, 0.1) is 11.1 Å². The van der Waals surface area contributed by atoms with Gasteiger partial charge in [0, 0.05) is 4.47 Å². The Morgan fingerprint density at radius 2 is 2.06 bits per heavy atom. The first-order valence-corrected chi connectivity index (χ1v) is 6.55. The van der Waals surface area contributed by atoms with Crippen molar-refractivity contribution in [2.24, 2.45) is 5.10 Å². The lowest BCUT2D eigenvalue weighted by molar-refractivity contribution is 0.0959. The van der Waals surface area contributed by atoms with Crippen molar-refractivity contribution in [1.82, 2.24) is 5.43 Å². The first-order valence-electron chi connectivity index (χ1n) is 4.88. The molecule has 0 unspecified atom stereocenters. The van der Waals surface area contributed by atoms with E-state index in [1.165, 1.54) is 11.3 Å². The van der Waals surface area contributed by atoms with Gasteiger partial charge < -0.3 is 0 Å². The zero-order valence-corrected chi connectivity index (χ0v) is 11.2. The van der Waals surface area contributed by atoms with Gasteiger partial charge in [0.25, 0.3) is 5.91 Å². The van der Waals surface area contributed by atoms with Crippen LogP contribution in [0.3, 0.4) is 0 Å². The average molecular weight is 309 g/mol. The second-order valence-corrected chi connectivity index (χ2v) is 5.09. The van der Waals surface area contributed by atoms with Gasteiger partial charge >= 0.3 is 0 Å². The normalized spacial score (nSPS) is 10.6. The summed E-state index contributed by atoms with van der Waals surface area (Å²) in [5.74, 6) is -0.187. The molecule has 17 heavy (non-hydrogen) atoms. The second-order valence-electron chi connectivity index (χ2n) is 3.23. The van der Waals surface area contributed by atoms with Gasteiger partial charge in [-0.1, -0.05) is 34.1 Å². The van der Waals surface area contributed by atoms with E-state index in [1.807, 2.05) is 35.7 Å². The number of carbonyl (C=O) groups is 1. The third-order valence-electron chi connectivity index (χ3n) is 1.99. The van der Waals surface area contributed by atoms with Crippen molar-refractivity contribution in [3.05, 3.63) is 56.7 Å². The smallest absolute Gasteiger partial charge is 0.266 e. The minimum absolute atomic E-state index is 0.187. The molecule has 86 valence electrons. The molecule has 0 aliphatic carbocycles. The van der Waals surface area contributed by atoms with Crippen molar-refractivity contribution in [2.45, 2.75) is 0 Å². The van der Waals surface area contributed by atoms with Gasteiger partial charge in [-0.05, 0) is 29.1 Å². The Morgan fingerprint density at radius 1 is 1.29 bits per heavy atom. The van der Waals surface area contributed by atoms with E-state index in [9.17, 15) is 4.79 Å². The number of rotatable bonds is 3. The van der Waals surface area contributed by atoms with E-state index in [-0.39, 0.29) is 5.91 Å². The Kier molecular flexibility index (Phi) is 4.06. The number of amides is 1. The minimum Gasteiger partial charge on any atom is -0.266 e. The Labute approximate surface area is 111 Å². The Bertz CT molecular complexity index is 520. The van der Waals surface area contributed by atoms with Gasteiger partial charge in [-0.15, -0.1) is 11.3 Å². The van der Waals surface area contributed by atoms with E-state index in [0.29, 0.717) is 4.88 Å². The molecule has 2 aromatic rings. The molecule has 5 heteroatoms. The first-order chi connectivity index (χ1) is 8.25. The highest BCUT2D eigenvalue weighted by molar-refractivity contribution is 9.10. The fraction of sp³-hybridized carbons (Fsp3) is 0. The van der Waals surface area contributed by atoms with Crippen molar-refractivity contribution >= 4 is 39.4 Å². The van der Waals surface area contributed by atoms with Gasteiger partial charge in [-0.25, -0.2) is 5.43 Å². The van der Waals surface area contributed by atoms with Crippen LogP contribution < -0.4 is 5.43 Å². The minimum atomic E-state index is -0.187. The third-order valence-corrected chi connectivity index (χ3v) is 3.39. The van der Waals surface area contributed by atoms with Crippen LogP contribution in [-0.2, 0) is 0 Å². The Balaban J connectivity index is 1.94. The number of carbonyl (C=O) groups excluding carboxylic acids is 1. The van der Waals surface area contributed by atoms with Crippen LogP contribution in [0.2, 0.25) is 0 Å². The highest BCUT2D eigenvalue weighted by Gasteiger charge is 2.03. The van der Waals surface area contributed by atoms with Crippen LogP contribution in [0.4, 0.5) is 0 Å². The number of hydrogen-bond donors (Lipinski definition) is 1. The molecule has 1 aromatic carbocycles. The van der Waals surface area contributed by atoms with Crippen LogP contribution in [0, 0.1) is 0 Å². The summed E-state index contributed by atoms with van der Waals surface area (Å²) >= 11 is 4.74. The molecular weight excluding hydrogens is 300 g/mol. The summed E-state index contributed by atoms with van der Waals surface area (Å²) in [5.41, 5.74) is 3.41. The SMILES string of the molecule is O=C(N/N=C\c1ccc(Br)cc1)c1cccs1. The van der Waals surface area contributed by atoms with Crippen LogP contribution in [-0.4, -0.2) is 12.1 Å². The summed E-state index contributed by atoms with van der Waals surface area (Å²) < 4.78 is 1.01. The number of benzene rings is 1. The van der Waals surface area contributed by atoms with Crippen molar-refractivity contribution in [1.29, 1.82) is 0 Å². The molecule has 1 amide bonds. The zero-order valence-electron chi connectivity index (χ0n) is 8.76. The van der Waals surface area contributed by atoms with Crippen molar-refractivity contribution < 1.29 is 4.79 Å². The van der Waals surface area contributed by atoms with Crippen LogP contribution in [0.25, 0.3) is 0 Å². The summed E-state index contributed by atoms with van der Waals surface area (Å²) in [6.07, 6.45) is 1.61. The van der Waals surface area contributed by atoms with E-state index < -0.39 is 0 Å². The molecule has 0 radical (unpaired) electrons. The highest BCUT2D eigenvalue weighted by Crippen LogP contribution is 2.09. The maximum absolute atomic E-state index is 11.5. The van der Waals surface area contributed by atoms with Crippen molar-refractivity contribution in [3.63, 3.8) is 0 Å². The lowest BCUT2D eigenvalue weighted by atomic mass is 10.2. The molecular formula is C12H9BrN2OS. The maximum atomic E-state index is 11.5. The highest BCUT2D eigenvalue weighted by atomic mass is 79.9. The van der Waals surface area contributed by atoms with Crippen molar-refractivity contribution in [3.8, 4) is 0 Å². The monoisotopic (exact) mass is 308 g/mol. The Morgan fingerprint density at radius 3 is 2.71 bits per heavy atom. The van der Waals surface area contributed by atoms with Gasteiger partial charge in [-0.3, -0.25) is 4.79 Å². The molecule has 0 atom stereocenters. The van der Waals surface area contributed by atoms with Crippen LogP contribution in [0.5, 0.6) is 0 Å². The molecule has 0 aliphatic heterocycles. The molecule has 0 fully saturated rings. The number of hydrogen-bond acceptors (Lipinski definition) is 3. The number of hydrazone groups is 1. The number of thiophene rings is 1. The largest absolute Gasteiger partial charge is 0.281 e. The lowest BCUT2D eigenvalue weighted by Crippen LogP contribution is -2.16. The predicted octanol–water partition coefficient (Wildman–Crippen LogP) is 3.27. The van der Waals surface area contributed by atoms with E-state index >= 15 is 0 Å². The molecule has 0 spiro atoms. The average Bonchev–Trinajstić information content (AvgIpc) is 2.85. The standard InChI is InChI=1S/C12H9BrN2OS/c13-10-5-3-9(4-6-10)8-14-15-12(16)11-2-1-7-17-11/h1-8H,(H,15,16)/b14-8-. The second kappa shape index (κ2) is 5.75.